The summed E-state index contributed by atoms with van der Waals surface area (Å²) in [6.07, 6.45) is -0.890. The Morgan fingerprint density at radius 2 is 2.27 bits per heavy atom. The lowest BCUT2D eigenvalue weighted by Crippen LogP contribution is -2.46. The number of nitrogens with two attached hydrogens (primary N) is 1. The Kier molecular flexibility index (Phi) is 4.07. The molecule has 0 aromatic carbocycles. The van der Waals surface area contributed by atoms with Gasteiger partial charge in [-0.1, -0.05) is 20.8 Å². The van der Waals surface area contributed by atoms with E-state index < -0.39 is 38.9 Å². The van der Waals surface area contributed by atoms with Crippen molar-refractivity contribution in [2.45, 2.75) is 63.8 Å². The van der Waals surface area contributed by atoms with Gasteiger partial charge in [0, 0.05) is 6.42 Å². The number of aliphatic hydroxyl groups is 1. The van der Waals surface area contributed by atoms with E-state index in [1.165, 1.54) is 10.9 Å². The fourth-order valence-corrected chi connectivity index (χ4v) is 4.08. The van der Waals surface area contributed by atoms with Gasteiger partial charge >= 0.3 is 0 Å². The number of nitrogen functional groups attached to an aromatic ring is 1. The quantitative estimate of drug-likeness (QED) is 0.680. The molecule has 3 atom stereocenters. The van der Waals surface area contributed by atoms with Crippen molar-refractivity contribution in [2.24, 2.45) is 0 Å². The normalized spacial score (nSPS) is 26.2. The molecule has 2 aromatic heterocycles. The summed E-state index contributed by atoms with van der Waals surface area (Å²) in [5, 5.41) is 9.94. The van der Waals surface area contributed by atoms with Crippen LogP contribution in [0.15, 0.2) is 11.1 Å². The van der Waals surface area contributed by atoms with E-state index in [-0.39, 0.29) is 28.6 Å². The summed E-state index contributed by atoms with van der Waals surface area (Å²) in [4.78, 5) is 22.6. The van der Waals surface area contributed by atoms with Gasteiger partial charge in [-0.25, -0.2) is 4.98 Å². The van der Waals surface area contributed by atoms with Gasteiger partial charge in [0.2, 0.25) is 5.95 Å². The van der Waals surface area contributed by atoms with Crippen LogP contribution in [0.4, 0.5) is 5.95 Å². The monoisotopic (exact) mass is 383 g/mol. The molecule has 10 heteroatoms. The van der Waals surface area contributed by atoms with Gasteiger partial charge in [0.15, 0.2) is 19.5 Å². The van der Waals surface area contributed by atoms with Gasteiger partial charge in [0.05, 0.1) is 21.7 Å². The largest absolute Gasteiger partial charge is 0.411 e. The van der Waals surface area contributed by atoms with Gasteiger partial charge in [-0.05, 0) is 18.1 Å². The van der Waals surface area contributed by atoms with Crippen LogP contribution >= 0.6 is 0 Å². The lowest BCUT2D eigenvalue weighted by molar-refractivity contribution is -0.0410. The number of nitrogens with zero attached hydrogens (tertiary/aromatic N) is 3. The Balaban J connectivity index is 1.97. The number of nitrogens with one attached hydrogen (secondary N) is 1. The number of hydrogen-bond acceptors (Lipinski definition) is 7. The van der Waals surface area contributed by atoms with Gasteiger partial charge in [-0.3, -0.25) is 14.3 Å². The van der Waals surface area contributed by atoms with E-state index in [0.717, 1.165) is 0 Å². The summed E-state index contributed by atoms with van der Waals surface area (Å²) in [5.41, 5.74) is 5.51. The molecule has 144 valence electrons. The molecule has 2 aromatic rings. The van der Waals surface area contributed by atoms with Crippen molar-refractivity contribution >= 4 is 25.4 Å². The summed E-state index contributed by atoms with van der Waals surface area (Å²) < 4.78 is 29.3. The smallest absolute Gasteiger partial charge is 0.280 e. The van der Waals surface area contributed by atoms with Gasteiger partial charge < -0.3 is 20.0 Å². The molecule has 0 amide bonds. The predicted octanol–water partition coefficient (Wildman–Crippen LogP) is 1.37. The molecule has 3 rings (SSSR count). The molecule has 26 heavy (non-hydrogen) atoms. The molecule has 0 bridgehead atoms. The number of H-pyrrole nitrogens is 1. The number of ether oxygens (including phenoxy) is 1. The molecule has 9 nitrogen and oxygen atoms in total. The second-order valence-corrected chi connectivity index (χ2v) is 12.8. The number of aromatic amines is 1. The molecule has 1 aliphatic rings. The number of anilines is 1. The average molecular weight is 384 g/mol. The van der Waals surface area contributed by atoms with Crippen molar-refractivity contribution in [1.29, 1.82) is 0 Å². The first kappa shape index (κ1) is 16.4. The van der Waals surface area contributed by atoms with E-state index in [9.17, 15) is 9.90 Å². The molecule has 0 spiro atoms. The minimum absolute atomic E-state index is 0.0552. The van der Waals surface area contributed by atoms with Crippen LogP contribution in [-0.2, 0) is 9.16 Å². The lowest BCUT2D eigenvalue weighted by atomic mass is 10.2. The van der Waals surface area contributed by atoms with Gasteiger partial charge in [0.25, 0.3) is 5.56 Å². The number of rotatable bonds is 4. The van der Waals surface area contributed by atoms with Crippen LogP contribution in [0.5, 0.6) is 0 Å². The number of imidazole rings is 1. The maximum atomic E-state index is 12.0. The van der Waals surface area contributed by atoms with Crippen molar-refractivity contribution < 1.29 is 17.0 Å². The van der Waals surface area contributed by atoms with Crippen molar-refractivity contribution in [3.63, 3.8) is 0 Å². The third kappa shape index (κ3) is 3.29. The minimum Gasteiger partial charge on any atom is -0.411 e. The summed E-state index contributed by atoms with van der Waals surface area (Å²) in [6, 6.07) is 0. The molecule has 1 fully saturated rings. The van der Waals surface area contributed by atoms with Gasteiger partial charge in [-0.15, -0.1) is 0 Å². The highest BCUT2D eigenvalue weighted by Crippen LogP contribution is 2.41. The zero-order valence-electron chi connectivity index (χ0n) is 17.6. The van der Waals surface area contributed by atoms with Gasteiger partial charge in [0.1, 0.15) is 12.3 Å². The van der Waals surface area contributed by atoms with E-state index in [1.807, 2.05) is 0 Å². The average Bonchev–Trinajstić information content (AvgIpc) is 3.08. The Bertz CT molecular complexity index is 934. The van der Waals surface area contributed by atoms with E-state index in [0.29, 0.717) is 0 Å². The van der Waals surface area contributed by atoms with E-state index in [1.54, 1.807) is 0 Å². The first-order chi connectivity index (χ1) is 12.7. The van der Waals surface area contributed by atoms with E-state index in [2.05, 4.69) is 48.8 Å². The lowest BCUT2D eigenvalue weighted by Gasteiger charge is -2.39. The standard InChI is InChI=1S/C16H27N5O4Si/c1-16(2,3)26(4,5)25-9-6-11(24-10(9)7-22)21-8-18-12-13(21)19-15(17)20-14(12)23/h8-11,22H,6-7H2,1-5H3,(H3,17,19,20,23)/t9-,10+,11+/m0/s1/i7D2. The van der Waals surface area contributed by atoms with Crippen LogP contribution in [0.25, 0.3) is 11.2 Å². The Labute approximate surface area is 155 Å². The molecule has 1 saturated heterocycles. The number of hydrogen-bond donors (Lipinski definition) is 3. The maximum absolute atomic E-state index is 12.0. The maximum Gasteiger partial charge on any atom is 0.280 e. The molecule has 4 N–H and O–H groups in total. The highest BCUT2D eigenvalue weighted by Gasteiger charge is 2.45. The third-order valence-corrected chi connectivity index (χ3v) is 9.72. The second kappa shape index (κ2) is 6.45. The first-order valence-corrected chi connectivity index (χ1v) is 11.4. The minimum atomic E-state index is -2.60. The fourth-order valence-electron chi connectivity index (χ4n) is 2.75. The molecular weight excluding hydrogens is 354 g/mol. The van der Waals surface area contributed by atoms with Crippen LogP contribution in [0.3, 0.4) is 0 Å². The molecule has 0 radical (unpaired) electrons. The molecule has 0 aliphatic carbocycles. The van der Waals surface area contributed by atoms with Crippen molar-refractivity contribution in [3.8, 4) is 0 Å². The van der Waals surface area contributed by atoms with Crippen LogP contribution in [0.1, 0.15) is 36.2 Å². The molecule has 3 heterocycles. The predicted molar refractivity (Wildman–Crippen MR) is 100 cm³/mol. The zero-order chi connectivity index (χ0) is 21.1. The third-order valence-electron chi connectivity index (χ3n) is 5.22. The van der Waals surface area contributed by atoms with Crippen LogP contribution in [0, 0.1) is 0 Å². The zero-order valence-corrected chi connectivity index (χ0v) is 16.6. The number of aromatic nitrogens is 4. The molecular formula is C16H27N5O4Si. The highest BCUT2D eigenvalue weighted by atomic mass is 28.4. The highest BCUT2D eigenvalue weighted by molar-refractivity contribution is 6.74. The Morgan fingerprint density at radius 1 is 1.58 bits per heavy atom. The fraction of sp³-hybridized carbons (Fsp3) is 0.688. The topological polar surface area (TPSA) is 128 Å². The number of fused-ring (bicyclic) bond motifs is 1. The van der Waals surface area contributed by atoms with E-state index >= 15 is 0 Å². The van der Waals surface area contributed by atoms with Crippen LogP contribution in [0.2, 0.25) is 18.1 Å². The summed E-state index contributed by atoms with van der Waals surface area (Å²) in [7, 11) is -2.25. The van der Waals surface area contributed by atoms with Crippen LogP contribution < -0.4 is 11.3 Å². The molecule has 1 aliphatic heterocycles. The Morgan fingerprint density at radius 3 is 2.88 bits per heavy atom. The van der Waals surface area contributed by atoms with E-state index in [4.69, 9.17) is 17.6 Å². The first-order valence-electron chi connectivity index (χ1n) is 9.49. The van der Waals surface area contributed by atoms with Crippen molar-refractivity contribution in [2.75, 3.05) is 12.3 Å². The second-order valence-electron chi connectivity index (χ2n) is 8.07. The molecule has 0 saturated carbocycles. The SMILES string of the molecule is [2H]C([2H])(O)[C@H]1O[C@@H](n2cnc3c(=O)[nH]c(N)nc32)C[C@@H]1O[Si](C)(C)C(C)(C)C. The Hall–Kier alpha value is -1.75. The molecule has 0 unspecified atom stereocenters. The van der Waals surface area contributed by atoms with Crippen LogP contribution in [-0.4, -0.2) is 51.7 Å². The summed E-state index contributed by atoms with van der Waals surface area (Å²) >= 11 is 0. The van der Waals surface area contributed by atoms with Gasteiger partial charge in [-0.2, -0.15) is 4.98 Å². The van der Waals surface area contributed by atoms with Crippen molar-refractivity contribution in [3.05, 3.63) is 16.7 Å². The summed E-state index contributed by atoms with van der Waals surface area (Å²) in [5.74, 6) is -0.0552. The van der Waals surface area contributed by atoms with Crippen molar-refractivity contribution in [1.82, 2.24) is 19.5 Å². The summed E-state index contributed by atoms with van der Waals surface area (Å²) in [6.45, 7) is 7.76.